The van der Waals surface area contributed by atoms with Crippen LogP contribution in [0.4, 0.5) is 0 Å². The molecule has 0 amide bonds. The van der Waals surface area contributed by atoms with Crippen LogP contribution in [0.5, 0.6) is 0 Å². The SMILES string of the molecule is Brc1ccc2c(c1)n1c3ccccc3nc1n2-c1cccc2c1oc1ccccc12. The van der Waals surface area contributed by atoms with Crippen LogP contribution in [0.15, 0.2) is 93.8 Å². The first-order chi connectivity index (χ1) is 14.8. The predicted molar refractivity (Wildman–Crippen MR) is 125 cm³/mol. The van der Waals surface area contributed by atoms with E-state index in [1.165, 1.54) is 0 Å². The molecule has 4 nitrogen and oxygen atoms in total. The predicted octanol–water partition coefficient (Wildman–Crippen LogP) is 7.09. The van der Waals surface area contributed by atoms with Crippen molar-refractivity contribution >= 4 is 65.7 Å². The van der Waals surface area contributed by atoms with E-state index in [4.69, 9.17) is 9.40 Å². The highest BCUT2D eigenvalue weighted by molar-refractivity contribution is 9.10. The van der Waals surface area contributed by atoms with E-state index in [2.05, 4.69) is 85.6 Å². The van der Waals surface area contributed by atoms with Crippen molar-refractivity contribution in [3.05, 3.63) is 89.4 Å². The third-order valence-corrected chi connectivity index (χ3v) is 6.28. The number of aromatic nitrogens is 3. The van der Waals surface area contributed by atoms with Crippen LogP contribution >= 0.6 is 15.9 Å². The Morgan fingerprint density at radius 2 is 1.57 bits per heavy atom. The summed E-state index contributed by atoms with van der Waals surface area (Å²) in [5.74, 6) is 0.872. The number of para-hydroxylation sites is 4. The van der Waals surface area contributed by atoms with Crippen LogP contribution in [0.3, 0.4) is 0 Å². The maximum absolute atomic E-state index is 6.34. The van der Waals surface area contributed by atoms with Crippen LogP contribution in [0, 0.1) is 0 Å². The van der Waals surface area contributed by atoms with Crippen LogP contribution in [0.1, 0.15) is 0 Å². The molecule has 0 atom stereocenters. The zero-order valence-corrected chi connectivity index (χ0v) is 17.3. The van der Waals surface area contributed by atoms with E-state index in [0.717, 1.165) is 59.9 Å². The van der Waals surface area contributed by atoms with E-state index in [1.807, 2.05) is 24.3 Å². The molecule has 5 heteroatoms. The number of imidazole rings is 2. The molecule has 7 aromatic rings. The molecule has 0 aliphatic rings. The number of halogens is 1. The second-order valence-electron chi connectivity index (χ2n) is 7.46. The average Bonchev–Trinajstić information content (AvgIpc) is 3.42. The number of hydrogen-bond acceptors (Lipinski definition) is 2. The van der Waals surface area contributed by atoms with Crippen molar-refractivity contribution in [2.45, 2.75) is 0 Å². The first kappa shape index (κ1) is 16.3. The van der Waals surface area contributed by atoms with Gasteiger partial charge in [-0.2, -0.15) is 0 Å². The van der Waals surface area contributed by atoms with Gasteiger partial charge < -0.3 is 4.42 Å². The Hall–Kier alpha value is -3.57. The van der Waals surface area contributed by atoms with Gasteiger partial charge in [0.15, 0.2) is 5.58 Å². The molecule has 0 saturated heterocycles. The van der Waals surface area contributed by atoms with Crippen molar-refractivity contribution in [1.82, 2.24) is 14.0 Å². The lowest BCUT2D eigenvalue weighted by Gasteiger charge is -2.06. The maximum atomic E-state index is 6.34. The number of furan rings is 1. The lowest BCUT2D eigenvalue weighted by Crippen LogP contribution is -1.95. The van der Waals surface area contributed by atoms with Gasteiger partial charge >= 0.3 is 0 Å². The lowest BCUT2D eigenvalue weighted by atomic mass is 10.1. The van der Waals surface area contributed by atoms with Crippen LogP contribution in [0.25, 0.3) is 55.5 Å². The Morgan fingerprint density at radius 3 is 2.53 bits per heavy atom. The third-order valence-electron chi connectivity index (χ3n) is 5.79. The molecule has 0 fully saturated rings. The quantitative estimate of drug-likeness (QED) is 0.267. The second kappa shape index (κ2) is 5.74. The number of fused-ring (bicyclic) bond motifs is 8. The Morgan fingerprint density at radius 1 is 0.733 bits per heavy atom. The molecular weight excluding hydrogens is 438 g/mol. The summed E-state index contributed by atoms with van der Waals surface area (Å²) in [7, 11) is 0. The topological polar surface area (TPSA) is 35.4 Å². The molecule has 0 radical (unpaired) electrons. The monoisotopic (exact) mass is 451 g/mol. The minimum Gasteiger partial charge on any atom is -0.454 e. The molecule has 0 bridgehead atoms. The molecular formula is C25H14BrN3O. The van der Waals surface area contributed by atoms with Gasteiger partial charge in [0, 0.05) is 15.2 Å². The van der Waals surface area contributed by atoms with Gasteiger partial charge in [-0.05, 0) is 42.5 Å². The normalized spacial score (nSPS) is 12.2. The van der Waals surface area contributed by atoms with Gasteiger partial charge in [0.2, 0.25) is 5.78 Å². The van der Waals surface area contributed by atoms with Crippen molar-refractivity contribution in [3.63, 3.8) is 0 Å². The molecule has 0 N–H and O–H groups in total. The van der Waals surface area contributed by atoms with Gasteiger partial charge in [0.1, 0.15) is 5.58 Å². The summed E-state index contributed by atoms with van der Waals surface area (Å²) >= 11 is 3.64. The van der Waals surface area contributed by atoms with Crippen molar-refractivity contribution in [1.29, 1.82) is 0 Å². The highest BCUT2D eigenvalue weighted by Gasteiger charge is 2.20. The van der Waals surface area contributed by atoms with Crippen LogP contribution in [-0.4, -0.2) is 14.0 Å². The molecule has 7 rings (SSSR count). The van der Waals surface area contributed by atoms with Gasteiger partial charge in [-0.25, -0.2) is 4.98 Å². The molecule has 0 unspecified atom stereocenters. The molecule has 0 saturated carbocycles. The van der Waals surface area contributed by atoms with Crippen molar-refractivity contribution in [3.8, 4) is 5.69 Å². The zero-order valence-electron chi connectivity index (χ0n) is 15.7. The third kappa shape index (κ3) is 2.02. The summed E-state index contributed by atoms with van der Waals surface area (Å²) in [6, 6.07) is 29.1. The van der Waals surface area contributed by atoms with E-state index >= 15 is 0 Å². The number of hydrogen-bond donors (Lipinski definition) is 0. The fraction of sp³-hybridized carbons (Fsp3) is 0. The molecule has 0 aliphatic heterocycles. The van der Waals surface area contributed by atoms with E-state index in [-0.39, 0.29) is 0 Å². The average molecular weight is 452 g/mol. The van der Waals surface area contributed by atoms with Crippen LogP contribution in [-0.2, 0) is 0 Å². The molecule has 142 valence electrons. The Labute approximate surface area is 179 Å². The smallest absolute Gasteiger partial charge is 0.220 e. The Bertz CT molecular complexity index is 1770. The van der Waals surface area contributed by atoms with Crippen molar-refractivity contribution in [2.75, 3.05) is 0 Å². The largest absolute Gasteiger partial charge is 0.454 e. The molecule has 30 heavy (non-hydrogen) atoms. The molecule has 0 aliphatic carbocycles. The number of rotatable bonds is 1. The van der Waals surface area contributed by atoms with Crippen molar-refractivity contribution < 1.29 is 4.42 Å². The van der Waals surface area contributed by atoms with Crippen LogP contribution < -0.4 is 0 Å². The minimum atomic E-state index is 0.869. The molecule has 0 spiro atoms. The summed E-state index contributed by atoms with van der Waals surface area (Å²) in [6.45, 7) is 0. The molecule has 3 heterocycles. The Balaban J connectivity index is 1.72. The fourth-order valence-corrected chi connectivity index (χ4v) is 4.87. The summed E-state index contributed by atoms with van der Waals surface area (Å²) in [5.41, 5.74) is 6.99. The van der Waals surface area contributed by atoms with E-state index < -0.39 is 0 Å². The summed E-state index contributed by atoms with van der Waals surface area (Å²) in [6.07, 6.45) is 0. The van der Waals surface area contributed by atoms with Gasteiger partial charge in [-0.3, -0.25) is 8.97 Å². The molecule has 4 aromatic carbocycles. The van der Waals surface area contributed by atoms with E-state index in [9.17, 15) is 0 Å². The summed E-state index contributed by atoms with van der Waals surface area (Å²) in [4.78, 5) is 4.99. The fourth-order valence-electron chi connectivity index (χ4n) is 4.52. The standard InChI is InChI=1S/C25H14BrN3O/c26-15-12-13-20-22(14-15)28-19-9-3-2-8-18(19)27-25(28)29(20)21-10-5-7-17-16-6-1-4-11-23(16)30-24(17)21/h1-14H. The highest BCUT2D eigenvalue weighted by atomic mass is 79.9. The highest BCUT2D eigenvalue weighted by Crippen LogP contribution is 2.36. The number of nitrogens with zero attached hydrogens (tertiary/aromatic N) is 3. The zero-order chi connectivity index (χ0) is 19.8. The first-order valence-electron chi connectivity index (χ1n) is 9.77. The summed E-state index contributed by atoms with van der Waals surface area (Å²) in [5, 5.41) is 2.23. The second-order valence-corrected chi connectivity index (χ2v) is 8.37. The van der Waals surface area contributed by atoms with Crippen LogP contribution in [0.2, 0.25) is 0 Å². The van der Waals surface area contributed by atoms with E-state index in [1.54, 1.807) is 0 Å². The first-order valence-corrected chi connectivity index (χ1v) is 10.6. The summed E-state index contributed by atoms with van der Waals surface area (Å²) < 4.78 is 11.8. The maximum Gasteiger partial charge on any atom is 0.220 e. The lowest BCUT2D eigenvalue weighted by molar-refractivity contribution is 0.666. The number of benzene rings is 4. The van der Waals surface area contributed by atoms with Gasteiger partial charge in [0.25, 0.3) is 0 Å². The van der Waals surface area contributed by atoms with Gasteiger partial charge in [-0.15, -0.1) is 0 Å². The van der Waals surface area contributed by atoms with Crippen molar-refractivity contribution in [2.24, 2.45) is 0 Å². The van der Waals surface area contributed by atoms with Gasteiger partial charge in [-0.1, -0.05) is 58.4 Å². The van der Waals surface area contributed by atoms with E-state index in [0.29, 0.717) is 0 Å². The minimum absolute atomic E-state index is 0.869. The Kier molecular flexibility index (Phi) is 3.11. The van der Waals surface area contributed by atoms with Gasteiger partial charge in [0.05, 0.1) is 27.8 Å². The molecule has 3 aromatic heterocycles.